The Morgan fingerprint density at radius 1 is 1.17 bits per heavy atom. The molecular formula is C19H29N3O. The van der Waals surface area contributed by atoms with Crippen LogP contribution in [0.4, 0.5) is 0 Å². The molecule has 1 aromatic carbocycles. The highest BCUT2D eigenvalue weighted by atomic mass is 16.2. The van der Waals surface area contributed by atoms with E-state index in [-0.39, 0.29) is 11.8 Å². The van der Waals surface area contributed by atoms with E-state index in [0.29, 0.717) is 6.54 Å². The summed E-state index contributed by atoms with van der Waals surface area (Å²) >= 11 is 0. The van der Waals surface area contributed by atoms with Crippen LogP contribution in [0.2, 0.25) is 0 Å². The Hall–Kier alpha value is -1.39. The molecule has 2 saturated heterocycles. The number of carbonyl (C=O) groups excluding carboxylic acids is 1. The molecule has 1 amide bonds. The second-order valence-electron chi connectivity index (χ2n) is 7.48. The summed E-state index contributed by atoms with van der Waals surface area (Å²) in [7, 11) is 0. The summed E-state index contributed by atoms with van der Waals surface area (Å²) in [5.74, 6) is 1.89. The molecule has 0 bridgehead atoms. The highest BCUT2D eigenvalue weighted by Gasteiger charge is 2.25. The second kappa shape index (κ2) is 7.45. The molecule has 0 aliphatic carbocycles. The molecule has 0 aromatic heterocycles. The van der Waals surface area contributed by atoms with Crippen molar-refractivity contribution < 1.29 is 4.79 Å². The fourth-order valence-corrected chi connectivity index (χ4v) is 3.85. The van der Waals surface area contributed by atoms with Crippen molar-refractivity contribution in [2.24, 2.45) is 17.8 Å². The Kier molecular flexibility index (Phi) is 5.34. The van der Waals surface area contributed by atoms with Crippen molar-refractivity contribution in [3.63, 3.8) is 0 Å². The Labute approximate surface area is 139 Å². The van der Waals surface area contributed by atoms with Crippen LogP contribution < -0.4 is 10.6 Å². The molecule has 2 fully saturated rings. The zero-order chi connectivity index (χ0) is 16.2. The van der Waals surface area contributed by atoms with Gasteiger partial charge in [0.1, 0.15) is 0 Å². The van der Waals surface area contributed by atoms with Crippen LogP contribution in [0.5, 0.6) is 0 Å². The van der Waals surface area contributed by atoms with Gasteiger partial charge in [-0.15, -0.1) is 0 Å². The summed E-state index contributed by atoms with van der Waals surface area (Å²) in [4.78, 5) is 14.6. The summed E-state index contributed by atoms with van der Waals surface area (Å²) in [6, 6.07) is 8.52. The quantitative estimate of drug-likeness (QED) is 0.873. The van der Waals surface area contributed by atoms with Crippen molar-refractivity contribution >= 4 is 5.91 Å². The highest BCUT2D eigenvalue weighted by Crippen LogP contribution is 2.23. The van der Waals surface area contributed by atoms with E-state index < -0.39 is 0 Å². The molecule has 126 valence electrons. The van der Waals surface area contributed by atoms with Crippen molar-refractivity contribution in [2.45, 2.75) is 33.4 Å². The predicted octanol–water partition coefficient (Wildman–Crippen LogP) is 2.00. The standard InChI is InChI=1S/C19H29N3O/c1-14-7-15(2)12-22(11-14)13-17-6-4-3-5-16(17)10-21-19(23)18-8-20-9-18/h3-6,14-15,18,20H,7-13H2,1-2H3,(H,21,23). The van der Waals surface area contributed by atoms with Gasteiger partial charge in [-0.2, -0.15) is 0 Å². The lowest BCUT2D eigenvalue weighted by atomic mass is 9.91. The van der Waals surface area contributed by atoms with Gasteiger partial charge < -0.3 is 10.6 Å². The average Bonchev–Trinajstić information content (AvgIpc) is 2.43. The van der Waals surface area contributed by atoms with Crippen LogP contribution in [0.1, 0.15) is 31.4 Å². The lowest BCUT2D eigenvalue weighted by Gasteiger charge is -2.35. The van der Waals surface area contributed by atoms with Gasteiger partial charge in [0.05, 0.1) is 5.92 Å². The Bertz CT molecular complexity index is 531. The second-order valence-corrected chi connectivity index (χ2v) is 7.48. The molecule has 1 aromatic rings. The minimum Gasteiger partial charge on any atom is -0.352 e. The molecule has 2 aliphatic rings. The molecule has 2 heterocycles. The summed E-state index contributed by atoms with van der Waals surface area (Å²) in [5, 5.41) is 6.25. The van der Waals surface area contributed by atoms with Crippen LogP contribution in [0.25, 0.3) is 0 Å². The fraction of sp³-hybridized carbons (Fsp3) is 0.632. The van der Waals surface area contributed by atoms with E-state index >= 15 is 0 Å². The smallest absolute Gasteiger partial charge is 0.225 e. The fourth-order valence-electron chi connectivity index (χ4n) is 3.85. The topological polar surface area (TPSA) is 44.4 Å². The molecule has 2 N–H and O–H groups in total. The number of rotatable bonds is 5. The van der Waals surface area contributed by atoms with Gasteiger partial charge >= 0.3 is 0 Å². The molecule has 4 heteroatoms. The van der Waals surface area contributed by atoms with Crippen molar-refractivity contribution in [1.82, 2.24) is 15.5 Å². The molecular weight excluding hydrogens is 286 g/mol. The minimum atomic E-state index is 0.158. The molecule has 3 rings (SSSR count). The molecule has 0 spiro atoms. The summed E-state index contributed by atoms with van der Waals surface area (Å²) in [6.07, 6.45) is 1.34. The number of piperidine rings is 1. The third kappa shape index (κ3) is 4.33. The lowest BCUT2D eigenvalue weighted by molar-refractivity contribution is -0.126. The van der Waals surface area contributed by atoms with Crippen molar-refractivity contribution in [2.75, 3.05) is 26.2 Å². The first-order chi connectivity index (χ1) is 11.1. The highest BCUT2D eigenvalue weighted by molar-refractivity contribution is 5.80. The van der Waals surface area contributed by atoms with E-state index in [4.69, 9.17) is 0 Å². The molecule has 2 atom stereocenters. The number of hydrogen-bond donors (Lipinski definition) is 2. The van der Waals surface area contributed by atoms with Crippen LogP contribution in [-0.2, 0) is 17.9 Å². The van der Waals surface area contributed by atoms with Crippen LogP contribution in [0.3, 0.4) is 0 Å². The van der Waals surface area contributed by atoms with E-state index in [1.165, 1.54) is 30.6 Å². The minimum absolute atomic E-state index is 0.158. The summed E-state index contributed by atoms with van der Waals surface area (Å²) < 4.78 is 0. The normalized spacial score (nSPS) is 25.8. The van der Waals surface area contributed by atoms with Gasteiger partial charge in [-0.3, -0.25) is 9.69 Å². The van der Waals surface area contributed by atoms with Crippen molar-refractivity contribution in [3.8, 4) is 0 Å². The van der Waals surface area contributed by atoms with E-state index in [0.717, 1.165) is 31.5 Å². The van der Waals surface area contributed by atoms with Gasteiger partial charge in [0.25, 0.3) is 0 Å². The first kappa shape index (κ1) is 16.5. The number of amides is 1. The SMILES string of the molecule is CC1CC(C)CN(Cc2ccccc2CNC(=O)C2CNC2)C1. The monoisotopic (exact) mass is 315 g/mol. The Morgan fingerprint density at radius 3 is 2.43 bits per heavy atom. The largest absolute Gasteiger partial charge is 0.352 e. The summed E-state index contributed by atoms with van der Waals surface area (Å²) in [6.45, 7) is 10.3. The molecule has 4 nitrogen and oxygen atoms in total. The number of likely N-dealkylation sites (tertiary alicyclic amines) is 1. The van der Waals surface area contributed by atoms with Gasteiger partial charge in [0.15, 0.2) is 0 Å². The van der Waals surface area contributed by atoms with Crippen LogP contribution in [0.15, 0.2) is 24.3 Å². The number of hydrogen-bond acceptors (Lipinski definition) is 3. The Morgan fingerprint density at radius 2 is 1.83 bits per heavy atom. The van der Waals surface area contributed by atoms with Gasteiger partial charge in [-0.05, 0) is 29.4 Å². The zero-order valence-electron chi connectivity index (χ0n) is 14.3. The predicted molar refractivity (Wildman–Crippen MR) is 92.9 cm³/mol. The van der Waals surface area contributed by atoms with Gasteiger partial charge in [0.2, 0.25) is 5.91 Å². The maximum absolute atomic E-state index is 12.0. The van der Waals surface area contributed by atoms with Crippen LogP contribution in [0, 0.1) is 17.8 Å². The first-order valence-corrected chi connectivity index (χ1v) is 8.89. The van der Waals surface area contributed by atoms with E-state index in [9.17, 15) is 4.79 Å². The van der Waals surface area contributed by atoms with Gasteiger partial charge in [-0.1, -0.05) is 38.1 Å². The van der Waals surface area contributed by atoms with E-state index in [1.54, 1.807) is 0 Å². The average molecular weight is 315 g/mol. The lowest BCUT2D eigenvalue weighted by Crippen LogP contribution is -2.50. The number of carbonyl (C=O) groups is 1. The van der Waals surface area contributed by atoms with Crippen LogP contribution in [-0.4, -0.2) is 37.0 Å². The molecule has 23 heavy (non-hydrogen) atoms. The third-order valence-electron chi connectivity index (χ3n) is 5.06. The first-order valence-electron chi connectivity index (χ1n) is 8.89. The van der Waals surface area contributed by atoms with E-state index in [1.807, 2.05) is 0 Å². The number of nitrogens with zero attached hydrogens (tertiary/aromatic N) is 1. The zero-order valence-corrected chi connectivity index (χ0v) is 14.3. The number of nitrogens with one attached hydrogen (secondary N) is 2. The Balaban J connectivity index is 1.59. The molecule has 2 aliphatic heterocycles. The van der Waals surface area contributed by atoms with Crippen LogP contribution >= 0.6 is 0 Å². The molecule has 0 radical (unpaired) electrons. The number of benzene rings is 1. The third-order valence-corrected chi connectivity index (χ3v) is 5.06. The van der Waals surface area contributed by atoms with Gasteiger partial charge in [-0.25, -0.2) is 0 Å². The van der Waals surface area contributed by atoms with Gasteiger partial charge in [0, 0.05) is 39.3 Å². The van der Waals surface area contributed by atoms with Crippen molar-refractivity contribution in [1.29, 1.82) is 0 Å². The molecule has 2 unspecified atom stereocenters. The molecule has 0 saturated carbocycles. The van der Waals surface area contributed by atoms with E-state index in [2.05, 4.69) is 53.6 Å². The summed E-state index contributed by atoms with van der Waals surface area (Å²) in [5.41, 5.74) is 2.60. The maximum atomic E-state index is 12.0. The van der Waals surface area contributed by atoms with Crippen molar-refractivity contribution in [3.05, 3.63) is 35.4 Å². The maximum Gasteiger partial charge on any atom is 0.225 e.